The summed E-state index contributed by atoms with van der Waals surface area (Å²) in [4.78, 5) is 12.8. The predicted molar refractivity (Wildman–Crippen MR) is 92.2 cm³/mol. The third-order valence-electron chi connectivity index (χ3n) is 4.91. The lowest BCUT2D eigenvalue weighted by Gasteiger charge is -2.35. The van der Waals surface area contributed by atoms with Crippen molar-refractivity contribution in [2.45, 2.75) is 44.4 Å². The molecule has 1 amide bonds. The monoisotopic (exact) mass is 338 g/mol. The Labute approximate surface area is 138 Å². The summed E-state index contributed by atoms with van der Waals surface area (Å²) >= 11 is 0. The topological polar surface area (TPSA) is 75.3 Å². The summed E-state index contributed by atoms with van der Waals surface area (Å²) in [5.41, 5.74) is 3.33. The quantitative estimate of drug-likeness (QED) is 0.875. The zero-order valence-corrected chi connectivity index (χ0v) is 15.1. The third kappa shape index (κ3) is 3.58. The molecule has 128 valence electrons. The number of amides is 1. The Bertz CT molecular complexity index is 692. The molecule has 0 aromatic heterocycles. The third-order valence-corrected chi connectivity index (χ3v) is 6.93. The Hall–Kier alpha value is -1.40. The van der Waals surface area contributed by atoms with Gasteiger partial charge < -0.3 is 10.6 Å². The molecule has 1 aromatic rings. The summed E-state index contributed by atoms with van der Waals surface area (Å²) in [5, 5.41) is 6.03. The number of aryl methyl sites for hydroxylation is 2. The highest BCUT2D eigenvalue weighted by atomic mass is 32.2. The molecule has 1 atom stereocenters. The van der Waals surface area contributed by atoms with Crippen LogP contribution in [0.1, 0.15) is 42.5 Å². The SMILES string of the molecule is Cc1ccc(C(C)NC(=O)C2(S(C)(=O)=O)CCNCC2)cc1C. The second-order valence-corrected chi connectivity index (χ2v) is 8.88. The normalized spacial score (nSPS) is 19.1. The molecular weight excluding hydrogens is 312 g/mol. The number of hydrogen-bond acceptors (Lipinski definition) is 4. The van der Waals surface area contributed by atoms with Crippen LogP contribution in [0.3, 0.4) is 0 Å². The zero-order valence-electron chi connectivity index (χ0n) is 14.3. The first-order valence-electron chi connectivity index (χ1n) is 7.96. The van der Waals surface area contributed by atoms with Crippen LogP contribution in [0.5, 0.6) is 0 Å². The number of carbonyl (C=O) groups is 1. The number of hydrogen-bond donors (Lipinski definition) is 2. The molecule has 1 fully saturated rings. The van der Waals surface area contributed by atoms with Gasteiger partial charge in [-0.15, -0.1) is 0 Å². The molecule has 1 aliphatic heterocycles. The van der Waals surface area contributed by atoms with Crippen molar-refractivity contribution >= 4 is 15.7 Å². The van der Waals surface area contributed by atoms with Gasteiger partial charge in [0.25, 0.3) is 0 Å². The Morgan fingerprint density at radius 1 is 1.22 bits per heavy atom. The van der Waals surface area contributed by atoms with Gasteiger partial charge in [-0.25, -0.2) is 8.42 Å². The predicted octanol–water partition coefficient (Wildman–Crippen LogP) is 1.65. The van der Waals surface area contributed by atoms with Crippen LogP contribution in [0.2, 0.25) is 0 Å². The average Bonchev–Trinajstić information content (AvgIpc) is 2.49. The van der Waals surface area contributed by atoms with E-state index in [1.807, 2.05) is 39.0 Å². The number of piperidine rings is 1. The maximum atomic E-state index is 12.8. The standard InChI is InChI=1S/C17H26N2O3S/c1-12-5-6-15(11-13(12)2)14(3)19-16(20)17(23(4,21)22)7-9-18-10-8-17/h5-6,11,14,18H,7-10H2,1-4H3,(H,19,20). The number of benzene rings is 1. The molecule has 1 unspecified atom stereocenters. The number of sulfone groups is 1. The second-order valence-electron chi connectivity index (χ2n) is 6.56. The molecule has 2 rings (SSSR count). The van der Waals surface area contributed by atoms with E-state index in [0.29, 0.717) is 25.9 Å². The maximum Gasteiger partial charge on any atom is 0.242 e. The van der Waals surface area contributed by atoms with Crippen LogP contribution >= 0.6 is 0 Å². The lowest BCUT2D eigenvalue weighted by Crippen LogP contribution is -2.57. The Balaban J connectivity index is 2.23. The summed E-state index contributed by atoms with van der Waals surface area (Å²) in [6.07, 6.45) is 1.80. The molecule has 1 heterocycles. The fourth-order valence-electron chi connectivity index (χ4n) is 3.04. The summed E-state index contributed by atoms with van der Waals surface area (Å²) < 4.78 is 23.2. The van der Waals surface area contributed by atoms with Crippen LogP contribution in [0.4, 0.5) is 0 Å². The van der Waals surface area contributed by atoms with Gasteiger partial charge in [-0.2, -0.15) is 0 Å². The van der Waals surface area contributed by atoms with Gasteiger partial charge in [0.1, 0.15) is 0 Å². The summed E-state index contributed by atoms with van der Waals surface area (Å²) in [6.45, 7) is 7.03. The van der Waals surface area contributed by atoms with E-state index in [0.717, 1.165) is 11.1 Å². The van der Waals surface area contributed by atoms with Gasteiger partial charge in [-0.3, -0.25) is 4.79 Å². The molecule has 2 N–H and O–H groups in total. The highest BCUT2D eigenvalue weighted by Crippen LogP contribution is 2.29. The van der Waals surface area contributed by atoms with E-state index in [4.69, 9.17) is 0 Å². The van der Waals surface area contributed by atoms with Crippen LogP contribution in [-0.2, 0) is 14.6 Å². The highest BCUT2D eigenvalue weighted by molar-refractivity contribution is 7.92. The first-order chi connectivity index (χ1) is 10.7. The molecular formula is C17H26N2O3S. The van der Waals surface area contributed by atoms with Crippen LogP contribution in [0.25, 0.3) is 0 Å². The lowest BCUT2D eigenvalue weighted by atomic mass is 9.94. The van der Waals surface area contributed by atoms with Gasteiger partial charge in [0, 0.05) is 6.26 Å². The van der Waals surface area contributed by atoms with Gasteiger partial charge in [-0.05, 0) is 63.4 Å². The average molecular weight is 338 g/mol. The molecule has 0 bridgehead atoms. The fraction of sp³-hybridized carbons (Fsp3) is 0.588. The van der Waals surface area contributed by atoms with Crippen molar-refractivity contribution in [1.29, 1.82) is 0 Å². The smallest absolute Gasteiger partial charge is 0.242 e. The number of rotatable bonds is 4. The Morgan fingerprint density at radius 2 is 1.83 bits per heavy atom. The minimum absolute atomic E-state index is 0.227. The fourth-order valence-corrected chi connectivity index (χ4v) is 4.38. The van der Waals surface area contributed by atoms with E-state index < -0.39 is 14.6 Å². The van der Waals surface area contributed by atoms with Crippen molar-refractivity contribution < 1.29 is 13.2 Å². The van der Waals surface area contributed by atoms with Gasteiger partial charge in [0.05, 0.1) is 6.04 Å². The number of carbonyl (C=O) groups excluding carboxylic acids is 1. The second kappa shape index (κ2) is 6.61. The van der Waals surface area contributed by atoms with Crippen LogP contribution in [0, 0.1) is 13.8 Å². The first-order valence-corrected chi connectivity index (χ1v) is 9.85. The van der Waals surface area contributed by atoms with Crippen molar-refractivity contribution in [3.8, 4) is 0 Å². The molecule has 0 radical (unpaired) electrons. The van der Waals surface area contributed by atoms with Gasteiger partial charge >= 0.3 is 0 Å². The Morgan fingerprint density at radius 3 is 2.35 bits per heavy atom. The first kappa shape index (κ1) is 17.9. The molecule has 0 saturated carbocycles. The van der Waals surface area contributed by atoms with E-state index in [1.54, 1.807) is 0 Å². The van der Waals surface area contributed by atoms with Crippen molar-refractivity contribution in [2.75, 3.05) is 19.3 Å². The van der Waals surface area contributed by atoms with Gasteiger partial charge in [0.15, 0.2) is 14.6 Å². The van der Waals surface area contributed by atoms with Crippen LogP contribution in [-0.4, -0.2) is 38.4 Å². The molecule has 1 aliphatic rings. The van der Waals surface area contributed by atoms with Crippen LogP contribution in [0.15, 0.2) is 18.2 Å². The van der Waals surface area contributed by atoms with E-state index in [2.05, 4.69) is 10.6 Å². The van der Waals surface area contributed by atoms with Crippen molar-refractivity contribution in [1.82, 2.24) is 10.6 Å². The Kier molecular flexibility index (Phi) is 5.16. The van der Waals surface area contributed by atoms with Crippen molar-refractivity contribution in [3.63, 3.8) is 0 Å². The lowest BCUT2D eigenvalue weighted by molar-refractivity contribution is -0.125. The van der Waals surface area contributed by atoms with Gasteiger partial charge in [0.2, 0.25) is 5.91 Å². The van der Waals surface area contributed by atoms with Crippen LogP contribution < -0.4 is 10.6 Å². The zero-order chi connectivity index (χ0) is 17.3. The largest absolute Gasteiger partial charge is 0.348 e. The molecule has 1 saturated heterocycles. The minimum atomic E-state index is -3.48. The minimum Gasteiger partial charge on any atom is -0.348 e. The highest BCUT2D eigenvalue weighted by Gasteiger charge is 2.48. The molecule has 0 spiro atoms. The van der Waals surface area contributed by atoms with E-state index in [1.165, 1.54) is 11.8 Å². The summed E-state index contributed by atoms with van der Waals surface area (Å²) in [7, 11) is -3.48. The molecule has 6 heteroatoms. The number of nitrogens with one attached hydrogen (secondary N) is 2. The van der Waals surface area contributed by atoms with Gasteiger partial charge in [-0.1, -0.05) is 18.2 Å². The van der Waals surface area contributed by atoms with E-state index in [-0.39, 0.29) is 11.9 Å². The van der Waals surface area contributed by atoms with Crippen molar-refractivity contribution in [2.24, 2.45) is 0 Å². The summed E-state index contributed by atoms with van der Waals surface area (Å²) in [5.74, 6) is -0.382. The molecule has 0 aliphatic carbocycles. The molecule has 5 nitrogen and oxygen atoms in total. The van der Waals surface area contributed by atoms with E-state index in [9.17, 15) is 13.2 Å². The summed E-state index contributed by atoms with van der Waals surface area (Å²) in [6, 6.07) is 5.80. The molecule has 23 heavy (non-hydrogen) atoms. The maximum absolute atomic E-state index is 12.8. The molecule has 1 aromatic carbocycles. The van der Waals surface area contributed by atoms with Crippen molar-refractivity contribution in [3.05, 3.63) is 34.9 Å². The van der Waals surface area contributed by atoms with E-state index >= 15 is 0 Å².